The van der Waals surface area contributed by atoms with Crippen LogP contribution in [0.5, 0.6) is 11.5 Å². The Morgan fingerprint density at radius 3 is 2.41 bits per heavy atom. The van der Waals surface area contributed by atoms with E-state index in [1.54, 1.807) is 37.3 Å². The number of pyridine rings is 1. The summed E-state index contributed by atoms with van der Waals surface area (Å²) in [5.41, 5.74) is 2.22. The number of carbonyl (C=O) groups is 2. The molecule has 8 nitrogen and oxygen atoms in total. The second-order valence-electron chi connectivity index (χ2n) is 7.20. The number of aryl methyl sites for hydroxylation is 1. The Morgan fingerprint density at radius 2 is 1.72 bits per heavy atom. The largest absolute Gasteiger partial charge is 0.497 e. The molecule has 0 saturated carbocycles. The molecule has 3 heterocycles. The fraction of sp³-hybridized carbons (Fsp3) is 0.130. The Bertz CT molecular complexity index is 1410. The molecule has 32 heavy (non-hydrogen) atoms. The number of rotatable bonds is 4. The Kier molecular flexibility index (Phi) is 4.40. The molecular formula is C23H17FN4O4. The summed E-state index contributed by atoms with van der Waals surface area (Å²) >= 11 is 0. The van der Waals surface area contributed by atoms with E-state index in [9.17, 15) is 14.0 Å². The standard InChI is InChI=1S/C23H17FN4O4/c1-12-19-20-16(11-25-21(19)28(26-12)14-6-4-13(24)5-7-14)22(29)27(23(20)30)17-9-8-15(31-2)10-18(17)32-3/h4-11H,1-3H3. The maximum absolute atomic E-state index is 13.5. The average Bonchev–Trinajstić information content (AvgIpc) is 3.27. The van der Waals surface area contributed by atoms with Crippen LogP contribution in [-0.2, 0) is 0 Å². The topological polar surface area (TPSA) is 86.5 Å². The molecule has 0 spiro atoms. The number of hydrogen-bond donors (Lipinski definition) is 0. The van der Waals surface area contributed by atoms with Gasteiger partial charge in [-0.3, -0.25) is 9.59 Å². The lowest BCUT2D eigenvalue weighted by Gasteiger charge is -2.18. The third-order valence-corrected chi connectivity index (χ3v) is 5.42. The van der Waals surface area contributed by atoms with Gasteiger partial charge >= 0.3 is 0 Å². The monoisotopic (exact) mass is 432 g/mol. The van der Waals surface area contributed by atoms with Gasteiger partial charge in [0, 0.05) is 12.3 Å². The minimum atomic E-state index is -0.503. The molecule has 1 aliphatic rings. The third kappa shape index (κ3) is 2.74. The van der Waals surface area contributed by atoms with E-state index in [0.29, 0.717) is 39.6 Å². The van der Waals surface area contributed by atoms with E-state index < -0.39 is 11.8 Å². The molecule has 0 N–H and O–H groups in total. The molecule has 0 unspecified atom stereocenters. The van der Waals surface area contributed by atoms with E-state index in [0.717, 1.165) is 4.90 Å². The van der Waals surface area contributed by atoms with Crippen LogP contribution in [0.15, 0.2) is 48.7 Å². The van der Waals surface area contributed by atoms with Crippen LogP contribution < -0.4 is 14.4 Å². The first kappa shape index (κ1) is 19.7. The van der Waals surface area contributed by atoms with Crippen LogP contribution in [0.1, 0.15) is 26.4 Å². The van der Waals surface area contributed by atoms with Gasteiger partial charge in [0.15, 0.2) is 5.65 Å². The third-order valence-electron chi connectivity index (χ3n) is 5.42. The molecule has 9 heteroatoms. The summed E-state index contributed by atoms with van der Waals surface area (Å²) < 4.78 is 25.5. The number of fused-ring (bicyclic) bond motifs is 3. The summed E-state index contributed by atoms with van der Waals surface area (Å²) in [5, 5.41) is 4.96. The summed E-state index contributed by atoms with van der Waals surface area (Å²) in [7, 11) is 2.97. The zero-order valence-corrected chi connectivity index (χ0v) is 17.4. The first-order valence-electron chi connectivity index (χ1n) is 9.69. The number of nitrogens with zero attached hydrogens (tertiary/aromatic N) is 4. The summed E-state index contributed by atoms with van der Waals surface area (Å²) in [5.74, 6) is -0.524. The number of benzene rings is 2. The van der Waals surface area contributed by atoms with E-state index >= 15 is 0 Å². The van der Waals surface area contributed by atoms with Crippen LogP contribution >= 0.6 is 0 Å². The van der Waals surface area contributed by atoms with Gasteiger partial charge in [0.25, 0.3) is 11.8 Å². The lowest BCUT2D eigenvalue weighted by molar-refractivity contribution is 0.0925. The van der Waals surface area contributed by atoms with Crippen molar-refractivity contribution in [2.24, 2.45) is 0 Å². The highest BCUT2D eigenvalue weighted by Crippen LogP contribution is 2.39. The Morgan fingerprint density at radius 1 is 0.969 bits per heavy atom. The van der Waals surface area contributed by atoms with Gasteiger partial charge < -0.3 is 9.47 Å². The Balaban J connectivity index is 1.68. The van der Waals surface area contributed by atoms with Crippen LogP contribution in [-0.4, -0.2) is 40.8 Å². The zero-order valence-electron chi connectivity index (χ0n) is 17.4. The van der Waals surface area contributed by atoms with Crippen LogP contribution in [0.4, 0.5) is 10.1 Å². The molecule has 1 aliphatic heterocycles. The highest BCUT2D eigenvalue weighted by molar-refractivity contribution is 6.37. The van der Waals surface area contributed by atoms with Gasteiger partial charge in [-0.2, -0.15) is 5.10 Å². The van der Waals surface area contributed by atoms with Crippen molar-refractivity contribution >= 4 is 28.5 Å². The minimum Gasteiger partial charge on any atom is -0.497 e. The first-order valence-corrected chi connectivity index (χ1v) is 9.69. The lowest BCUT2D eigenvalue weighted by atomic mass is 10.1. The van der Waals surface area contributed by atoms with Gasteiger partial charge in [0.05, 0.1) is 47.8 Å². The van der Waals surface area contributed by atoms with E-state index in [4.69, 9.17) is 9.47 Å². The van der Waals surface area contributed by atoms with Crippen molar-refractivity contribution in [3.05, 3.63) is 71.3 Å². The SMILES string of the molecule is COc1ccc(N2C(=O)c3cnc4c(c(C)nn4-c4ccc(F)cc4)c3C2=O)c(OC)c1. The molecule has 0 radical (unpaired) electrons. The molecule has 0 bridgehead atoms. The van der Waals surface area contributed by atoms with Gasteiger partial charge in [-0.25, -0.2) is 19.0 Å². The smallest absolute Gasteiger partial charge is 0.267 e. The second kappa shape index (κ2) is 7.16. The molecule has 160 valence electrons. The average molecular weight is 432 g/mol. The van der Waals surface area contributed by atoms with Crippen LogP contribution in [0.2, 0.25) is 0 Å². The maximum atomic E-state index is 13.5. The molecule has 0 atom stereocenters. The number of amides is 2. The van der Waals surface area contributed by atoms with Crippen molar-refractivity contribution in [1.82, 2.24) is 14.8 Å². The molecule has 2 aromatic heterocycles. The second-order valence-corrected chi connectivity index (χ2v) is 7.20. The summed E-state index contributed by atoms with van der Waals surface area (Å²) in [4.78, 5) is 32.2. The number of ether oxygens (including phenoxy) is 2. The number of imide groups is 1. The molecule has 2 aromatic carbocycles. The molecule has 5 rings (SSSR count). The quantitative estimate of drug-likeness (QED) is 0.457. The van der Waals surface area contributed by atoms with Crippen molar-refractivity contribution in [3.63, 3.8) is 0 Å². The van der Waals surface area contributed by atoms with Gasteiger partial charge in [-0.05, 0) is 43.3 Å². The number of halogens is 1. The fourth-order valence-corrected chi connectivity index (χ4v) is 3.91. The minimum absolute atomic E-state index is 0.183. The maximum Gasteiger partial charge on any atom is 0.267 e. The summed E-state index contributed by atoms with van der Waals surface area (Å²) in [6, 6.07) is 10.6. The van der Waals surface area contributed by atoms with E-state index in [-0.39, 0.29) is 16.9 Å². The normalized spacial score (nSPS) is 13.1. The van der Waals surface area contributed by atoms with Crippen molar-refractivity contribution in [2.75, 3.05) is 19.1 Å². The van der Waals surface area contributed by atoms with E-state index in [1.807, 2.05) is 0 Å². The molecular weight excluding hydrogens is 415 g/mol. The van der Waals surface area contributed by atoms with Crippen molar-refractivity contribution in [2.45, 2.75) is 6.92 Å². The van der Waals surface area contributed by atoms with Gasteiger partial charge in [-0.1, -0.05) is 0 Å². The van der Waals surface area contributed by atoms with Crippen LogP contribution in [0, 0.1) is 12.7 Å². The molecule has 0 aliphatic carbocycles. The zero-order chi connectivity index (χ0) is 22.6. The molecule has 2 amide bonds. The van der Waals surface area contributed by atoms with Crippen LogP contribution in [0.25, 0.3) is 16.7 Å². The van der Waals surface area contributed by atoms with Crippen molar-refractivity contribution in [3.8, 4) is 17.2 Å². The predicted octanol–water partition coefficient (Wildman–Crippen LogP) is 3.69. The number of methoxy groups -OCH3 is 2. The van der Waals surface area contributed by atoms with E-state index in [2.05, 4.69) is 10.1 Å². The predicted molar refractivity (Wildman–Crippen MR) is 114 cm³/mol. The Labute approximate surface area is 181 Å². The molecule has 0 saturated heterocycles. The fourth-order valence-electron chi connectivity index (χ4n) is 3.91. The van der Waals surface area contributed by atoms with Crippen molar-refractivity contribution < 1.29 is 23.5 Å². The van der Waals surface area contributed by atoms with Crippen molar-refractivity contribution in [1.29, 1.82) is 0 Å². The van der Waals surface area contributed by atoms with Gasteiger partial charge in [0.2, 0.25) is 0 Å². The van der Waals surface area contributed by atoms with Gasteiger partial charge in [0.1, 0.15) is 17.3 Å². The number of carbonyl (C=O) groups excluding carboxylic acids is 2. The summed E-state index contributed by atoms with van der Waals surface area (Å²) in [6.45, 7) is 1.73. The number of aromatic nitrogens is 3. The first-order chi connectivity index (χ1) is 15.4. The Hall–Kier alpha value is -4.27. The molecule has 4 aromatic rings. The van der Waals surface area contributed by atoms with E-state index in [1.165, 1.54) is 37.2 Å². The lowest BCUT2D eigenvalue weighted by Crippen LogP contribution is -2.29. The summed E-state index contributed by atoms with van der Waals surface area (Å²) in [6.07, 6.45) is 1.37. The highest BCUT2D eigenvalue weighted by Gasteiger charge is 2.41. The highest BCUT2D eigenvalue weighted by atomic mass is 19.1. The van der Waals surface area contributed by atoms with Crippen LogP contribution in [0.3, 0.4) is 0 Å². The molecule has 0 fully saturated rings. The number of hydrogen-bond acceptors (Lipinski definition) is 6. The number of anilines is 1. The van der Waals surface area contributed by atoms with Gasteiger partial charge in [-0.15, -0.1) is 0 Å².